The first-order valence-corrected chi connectivity index (χ1v) is 9.80. The van der Waals surface area contributed by atoms with Crippen LogP contribution in [0.3, 0.4) is 0 Å². The van der Waals surface area contributed by atoms with Crippen LogP contribution in [0.4, 0.5) is 0 Å². The normalized spacial score (nSPS) is 23.5. The molecule has 6 nitrogen and oxygen atoms in total. The van der Waals surface area contributed by atoms with Crippen LogP contribution in [0.2, 0.25) is 0 Å². The Hall–Kier alpha value is -1.79. The molecule has 1 aromatic carbocycles. The fourth-order valence-electron chi connectivity index (χ4n) is 3.76. The third-order valence-electron chi connectivity index (χ3n) is 5.14. The van der Waals surface area contributed by atoms with E-state index in [4.69, 9.17) is 14.5 Å². The van der Waals surface area contributed by atoms with E-state index in [-0.39, 0.29) is 6.10 Å². The predicted octanol–water partition coefficient (Wildman–Crippen LogP) is 1.66. The summed E-state index contributed by atoms with van der Waals surface area (Å²) in [6.45, 7) is 7.53. The summed E-state index contributed by atoms with van der Waals surface area (Å²) >= 11 is 0. The first-order valence-electron chi connectivity index (χ1n) is 9.80. The van der Waals surface area contributed by atoms with Gasteiger partial charge in [-0.1, -0.05) is 18.2 Å². The molecule has 0 bridgehead atoms. The number of para-hydroxylation sites is 1. The van der Waals surface area contributed by atoms with Crippen LogP contribution in [0.15, 0.2) is 29.3 Å². The van der Waals surface area contributed by atoms with Crippen molar-refractivity contribution in [1.82, 2.24) is 15.5 Å². The standard InChI is InChI=1S/C20H32N4O2/c1-3-21-20(22-11-10-16-7-4-5-9-19(16)25-2)23-13-18-14-24-12-6-8-17(24)15-26-18/h4-5,7,9,17-18H,3,6,8,10-15H2,1-2H3,(H2,21,22,23). The number of nitrogens with one attached hydrogen (secondary N) is 2. The number of aliphatic imine (C=N–C) groups is 1. The quantitative estimate of drug-likeness (QED) is 0.572. The van der Waals surface area contributed by atoms with Gasteiger partial charge in [-0.2, -0.15) is 0 Å². The van der Waals surface area contributed by atoms with Crippen molar-refractivity contribution in [3.8, 4) is 5.75 Å². The zero-order valence-electron chi connectivity index (χ0n) is 16.0. The molecule has 2 aliphatic rings. The summed E-state index contributed by atoms with van der Waals surface area (Å²) in [4.78, 5) is 7.30. The second-order valence-electron chi connectivity index (χ2n) is 6.95. The highest BCUT2D eigenvalue weighted by atomic mass is 16.5. The zero-order valence-corrected chi connectivity index (χ0v) is 16.0. The highest BCUT2D eigenvalue weighted by Crippen LogP contribution is 2.22. The van der Waals surface area contributed by atoms with Crippen LogP contribution in [0.25, 0.3) is 0 Å². The van der Waals surface area contributed by atoms with Crippen molar-refractivity contribution in [2.45, 2.75) is 38.3 Å². The number of ether oxygens (including phenoxy) is 2. The van der Waals surface area contributed by atoms with Crippen molar-refractivity contribution in [3.63, 3.8) is 0 Å². The molecule has 0 radical (unpaired) electrons. The molecule has 0 aromatic heterocycles. The maximum Gasteiger partial charge on any atom is 0.191 e. The summed E-state index contributed by atoms with van der Waals surface area (Å²) in [5.41, 5.74) is 1.20. The second kappa shape index (κ2) is 9.78. The van der Waals surface area contributed by atoms with E-state index in [1.807, 2.05) is 18.2 Å². The number of fused-ring (bicyclic) bond motifs is 1. The van der Waals surface area contributed by atoms with Crippen LogP contribution in [-0.4, -0.2) is 69.4 Å². The predicted molar refractivity (Wildman–Crippen MR) is 105 cm³/mol. The summed E-state index contributed by atoms with van der Waals surface area (Å²) in [5, 5.41) is 6.74. The summed E-state index contributed by atoms with van der Waals surface area (Å²) in [6.07, 6.45) is 3.68. The minimum absolute atomic E-state index is 0.203. The van der Waals surface area contributed by atoms with Crippen LogP contribution in [0.5, 0.6) is 5.75 Å². The van der Waals surface area contributed by atoms with Crippen molar-refractivity contribution in [3.05, 3.63) is 29.8 Å². The van der Waals surface area contributed by atoms with Gasteiger partial charge in [0.1, 0.15) is 5.75 Å². The first kappa shape index (κ1) is 19.0. The molecule has 0 amide bonds. The largest absolute Gasteiger partial charge is 0.496 e. The van der Waals surface area contributed by atoms with E-state index < -0.39 is 0 Å². The van der Waals surface area contributed by atoms with Crippen molar-refractivity contribution in [2.24, 2.45) is 4.99 Å². The maximum atomic E-state index is 6.00. The number of hydrogen-bond acceptors (Lipinski definition) is 4. The molecule has 2 heterocycles. The van der Waals surface area contributed by atoms with Crippen molar-refractivity contribution < 1.29 is 9.47 Å². The van der Waals surface area contributed by atoms with Gasteiger partial charge in [-0.25, -0.2) is 0 Å². The summed E-state index contributed by atoms with van der Waals surface area (Å²) in [7, 11) is 1.72. The molecule has 0 aliphatic carbocycles. The molecule has 1 aromatic rings. The lowest BCUT2D eigenvalue weighted by atomic mass is 10.1. The number of guanidine groups is 1. The Bertz CT molecular complexity index is 593. The molecule has 144 valence electrons. The van der Waals surface area contributed by atoms with Gasteiger partial charge in [0.25, 0.3) is 0 Å². The van der Waals surface area contributed by atoms with Crippen molar-refractivity contribution >= 4 is 5.96 Å². The highest BCUT2D eigenvalue weighted by molar-refractivity contribution is 5.79. The molecule has 2 atom stereocenters. The Morgan fingerprint density at radius 3 is 3.08 bits per heavy atom. The lowest BCUT2D eigenvalue weighted by Gasteiger charge is -2.34. The first-order chi connectivity index (χ1) is 12.8. The van der Waals surface area contributed by atoms with Gasteiger partial charge in [-0.15, -0.1) is 0 Å². The highest BCUT2D eigenvalue weighted by Gasteiger charge is 2.31. The molecule has 2 unspecified atom stereocenters. The Labute approximate surface area is 157 Å². The zero-order chi connectivity index (χ0) is 18.2. The fourth-order valence-corrected chi connectivity index (χ4v) is 3.76. The number of methoxy groups -OCH3 is 1. The number of benzene rings is 1. The molecular weight excluding hydrogens is 328 g/mol. The maximum absolute atomic E-state index is 6.00. The second-order valence-corrected chi connectivity index (χ2v) is 6.95. The van der Waals surface area contributed by atoms with E-state index in [0.717, 1.165) is 44.4 Å². The molecule has 0 spiro atoms. The third-order valence-corrected chi connectivity index (χ3v) is 5.14. The van der Waals surface area contributed by atoms with Gasteiger partial charge in [0.2, 0.25) is 0 Å². The monoisotopic (exact) mass is 360 g/mol. The average molecular weight is 361 g/mol. The van der Waals surface area contributed by atoms with Gasteiger partial charge in [-0.3, -0.25) is 9.89 Å². The van der Waals surface area contributed by atoms with E-state index in [0.29, 0.717) is 12.6 Å². The van der Waals surface area contributed by atoms with E-state index >= 15 is 0 Å². The molecule has 2 saturated heterocycles. The van der Waals surface area contributed by atoms with E-state index in [1.165, 1.54) is 24.9 Å². The summed E-state index contributed by atoms with van der Waals surface area (Å²) in [6, 6.07) is 8.79. The van der Waals surface area contributed by atoms with Gasteiger partial charge < -0.3 is 20.1 Å². The number of hydrogen-bond donors (Lipinski definition) is 2. The Balaban J connectivity index is 1.47. The number of nitrogens with zero attached hydrogens (tertiary/aromatic N) is 2. The molecule has 6 heteroatoms. The summed E-state index contributed by atoms with van der Waals surface area (Å²) < 4.78 is 11.4. The van der Waals surface area contributed by atoms with Gasteiger partial charge in [0, 0.05) is 25.7 Å². The van der Waals surface area contributed by atoms with Crippen LogP contribution in [-0.2, 0) is 11.2 Å². The van der Waals surface area contributed by atoms with Gasteiger partial charge in [-0.05, 0) is 44.4 Å². The fraction of sp³-hybridized carbons (Fsp3) is 0.650. The van der Waals surface area contributed by atoms with Crippen LogP contribution in [0.1, 0.15) is 25.3 Å². The van der Waals surface area contributed by atoms with Gasteiger partial charge >= 0.3 is 0 Å². The van der Waals surface area contributed by atoms with Crippen LogP contribution >= 0.6 is 0 Å². The molecule has 2 aliphatic heterocycles. The SMILES string of the molecule is CCNC(=NCC1CN2CCCC2CO1)NCCc1ccccc1OC. The van der Waals surface area contributed by atoms with E-state index in [9.17, 15) is 0 Å². The van der Waals surface area contributed by atoms with Crippen molar-refractivity contribution in [2.75, 3.05) is 46.4 Å². The minimum Gasteiger partial charge on any atom is -0.496 e. The number of morpholine rings is 1. The number of rotatable bonds is 7. The van der Waals surface area contributed by atoms with Crippen LogP contribution < -0.4 is 15.4 Å². The average Bonchev–Trinajstić information content (AvgIpc) is 3.14. The van der Waals surface area contributed by atoms with Gasteiger partial charge in [0.05, 0.1) is 26.4 Å². The lowest BCUT2D eigenvalue weighted by molar-refractivity contribution is -0.0432. The minimum atomic E-state index is 0.203. The molecule has 0 saturated carbocycles. The van der Waals surface area contributed by atoms with E-state index in [1.54, 1.807) is 7.11 Å². The third kappa shape index (κ3) is 5.11. The Morgan fingerprint density at radius 1 is 1.35 bits per heavy atom. The molecular formula is C20H32N4O2. The van der Waals surface area contributed by atoms with E-state index in [2.05, 4.69) is 28.5 Å². The molecule has 2 fully saturated rings. The summed E-state index contributed by atoms with van der Waals surface area (Å²) in [5.74, 6) is 1.79. The topological polar surface area (TPSA) is 58.1 Å². The Kier molecular flexibility index (Phi) is 7.14. The molecule has 2 N–H and O–H groups in total. The van der Waals surface area contributed by atoms with Gasteiger partial charge in [0.15, 0.2) is 5.96 Å². The molecule has 3 rings (SSSR count). The van der Waals surface area contributed by atoms with Crippen LogP contribution in [0, 0.1) is 0 Å². The smallest absolute Gasteiger partial charge is 0.191 e. The lowest BCUT2D eigenvalue weighted by Crippen LogP contribution is -2.47. The Morgan fingerprint density at radius 2 is 2.23 bits per heavy atom. The molecule has 26 heavy (non-hydrogen) atoms. The van der Waals surface area contributed by atoms with Crippen molar-refractivity contribution in [1.29, 1.82) is 0 Å².